The van der Waals surface area contributed by atoms with E-state index in [0.29, 0.717) is 0 Å². The number of aromatic nitrogens is 1. The molecule has 0 saturated heterocycles. The van der Waals surface area contributed by atoms with Gasteiger partial charge in [-0.05, 0) is 30.3 Å². The number of fused-ring (bicyclic) bond motifs is 1. The van der Waals surface area contributed by atoms with E-state index in [1.165, 1.54) is 0 Å². The first-order valence-electron chi connectivity index (χ1n) is 5.41. The summed E-state index contributed by atoms with van der Waals surface area (Å²) in [5.74, 6) is 0.843. The molecule has 2 nitrogen and oxygen atoms in total. The molecule has 0 unspecified atom stereocenters. The minimum Gasteiger partial charge on any atom is -0.398 e. The fourth-order valence-corrected chi connectivity index (χ4v) is 1.98. The second-order valence-corrected chi connectivity index (χ2v) is 4.41. The molecule has 3 rings (SSSR count). The van der Waals surface area contributed by atoms with E-state index >= 15 is 0 Å². The van der Waals surface area contributed by atoms with Crippen LogP contribution in [0.4, 0.5) is 0 Å². The van der Waals surface area contributed by atoms with Gasteiger partial charge in [-0.15, -0.1) is 4.40 Å². The van der Waals surface area contributed by atoms with Gasteiger partial charge in [0.2, 0.25) is 12.0 Å². The highest BCUT2D eigenvalue weighted by Crippen LogP contribution is 2.22. The molecule has 17 heavy (non-hydrogen) atoms. The molecule has 0 aliphatic heterocycles. The van der Waals surface area contributed by atoms with Gasteiger partial charge in [0.15, 0.2) is 5.69 Å². The van der Waals surface area contributed by atoms with Gasteiger partial charge in [-0.2, -0.15) is 0 Å². The lowest BCUT2D eigenvalue weighted by Gasteiger charge is -1.92. The Morgan fingerprint density at radius 1 is 1.06 bits per heavy atom. The smallest absolute Gasteiger partial charge is 0.379 e. The maximum absolute atomic E-state index is 5.87. The number of oxazole rings is 1. The SMILES string of the molecule is Cc1cccc2oc(-c3ccc(Cl)cc3)c[n+]12. The van der Waals surface area contributed by atoms with Gasteiger partial charge in [0.25, 0.3) is 0 Å². The van der Waals surface area contributed by atoms with E-state index in [1.54, 1.807) is 0 Å². The molecule has 0 N–H and O–H groups in total. The maximum atomic E-state index is 5.87. The highest BCUT2D eigenvalue weighted by atomic mass is 35.5. The van der Waals surface area contributed by atoms with E-state index in [1.807, 2.05) is 60.0 Å². The first-order chi connectivity index (χ1) is 8.24. The second kappa shape index (κ2) is 3.90. The van der Waals surface area contributed by atoms with Gasteiger partial charge in [0, 0.05) is 23.6 Å². The quantitative estimate of drug-likeness (QED) is 0.598. The molecule has 0 radical (unpaired) electrons. The van der Waals surface area contributed by atoms with Crippen molar-refractivity contribution in [1.29, 1.82) is 0 Å². The van der Waals surface area contributed by atoms with Crippen LogP contribution in [0, 0.1) is 6.92 Å². The lowest BCUT2D eigenvalue weighted by molar-refractivity contribution is -0.521. The molecule has 3 heteroatoms. The second-order valence-electron chi connectivity index (χ2n) is 3.98. The van der Waals surface area contributed by atoms with Crippen LogP contribution < -0.4 is 4.40 Å². The predicted octanol–water partition coefficient (Wildman–Crippen LogP) is 3.65. The Bertz CT molecular complexity index is 670. The minimum absolute atomic E-state index is 0.730. The highest BCUT2D eigenvalue weighted by Gasteiger charge is 2.14. The first-order valence-corrected chi connectivity index (χ1v) is 5.78. The predicted molar refractivity (Wildman–Crippen MR) is 67.1 cm³/mol. The number of halogens is 1. The Balaban J connectivity index is 2.18. The van der Waals surface area contributed by atoms with Crippen molar-refractivity contribution >= 4 is 17.3 Å². The summed E-state index contributed by atoms with van der Waals surface area (Å²) in [6.07, 6.45) is 1.99. The summed E-state index contributed by atoms with van der Waals surface area (Å²) in [5.41, 5.74) is 3.01. The summed E-state index contributed by atoms with van der Waals surface area (Å²) >= 11 is 5.87. The number of benzene rings is 1. The number of rotatable bonds is 1. The third-order valence-corrected chi connectivity index (χ3v) is 3.04. The van der Waals surface area contributed by atoms with Crippen LogP contribution in [0.1, 0.15) is 5.69 Å². The molecule has 84 valence electrons. The van der Waals surface area contributed by atoms with Crippen LogP contribution in [0.15, 0.2) is 53.1 Å². The van der Waals surface area contributed by atoms with E-state index in [2.05, 4.69) is 0 Å². The Labute approximate surface area is 104 Å². The average molecular weight is 245 g/mol. The van der Waals surface area contributed by atoms with E-state index in [9.17, 15) is 0 Å². The van der Waals surface area contributed by atoms with Crippen LogP contribution in [0.2, 0.25) is 5.02 Å². The third kappa shape index (κ3) is 1.81. The summed E-state index contributed by atoms with van der Waals surface area (Å²) < 4.78 is 7.83. The third-order valence-electron chi connectivity index (χ3n) is 2.78. The number of pyridine rings is 1. The molecule has 0 atom stereocenters. The van der Waals surface area contributed by atoms with E-state index < -0.39 is 0 Å². The zero-order valence-electron chi connectivity index (χ0n) is 9.35. The van der Waals surface area contributed by atoms with Crippen molar-refractivity contribution in [1.82, 2.24) is 0 Å². The fourth-order valence-electron chi connectivity index (χ4n) is 1.86. The van der Waals surface area contributed by atoms with Gasteiger partial charge in [-0.25, -0.2) is 0 Å². The van der Waals surface area contributed by atoms with Crippen molar-refractivity contribution in [3.8, 4) is 11.3 Å². The zero-order chi connectivity index (χ0) is 11.8. The van der Waals surface area contributed by atoms with Gasteiger partial charge in [0.1, 0.15) is 0 Å². The van der Waals surface area contributed by atoms with E-state index in [0.717, 1.165) is 27.8 Å². The lowest BCUT2D eigenvalue weighted by atomic mass is 10.2. The number of nitrogens with zero attached hydrogens (tertiary/aromatic N) is 1. The Morgan fingerprint density at radius 2 is 1.82 bits per heavy atom. The molecular formula is C14H11ClNO+. The Hall–Kier alpha value is -1.80. The molecule has 1 aromatic carbocycles. The summed E-state index contributed by atoms with van der Waals surface area (Å²) in [4.78, 5) is 0. The molecule has 0 aliphatic rings. The fraction of sp³-hybridized carbons (Fsp3) is 0.0714. The standard InChI is InChI=1S/C14H11ClNO/c1-10-3-2-4-14-16(10)9-13(17-14)11-5-7-12(15)8-6-11/h2-9H,1H3/q+1. The number of hydrogen-bond donors (Lipinski definition) is 0. The molecular weight excluding hydrogens is 234 g/mol. The van der Waals surface area contributed by atoms with Crippen molar-refractivity contribution in [2.45, 2.75) is 6.92 Å². The normalized spacial score (nSPS) is 10.9. The van der Waals surface area contributed by atoms with Crippen LogP contribution in [-0.2, 0) is 0 Å². The summed E-state index contributed by atoms with van der Waals surface area (Å²) in [5, 5.41) is 0.730. The van der Waals surface area contributed by atoms with Crippen LogP contribution in [0.5, 0.6) is 0 Å². The lowest BCUT2D eigenvalue weighted by Crippen LogP contribution is -2.21. The summed E-state index contributed by atoms with van der Waals surface area (Å²) in [7, 11) is 0. The molecule has 0 aliphatic carbocycles. The highest BCUT2D eigenvalue weighted by molar-refractivity contribution is 6.30. The first kappa shape index (κ1) is 10.4. The number of hydrogen-bond acceptors (Lipinski definition) is 1. The molecule has 0 saturated carbocycles. The summed E-state index contributed by atoms with van der Waals surface area (Å²) in [6, 6.07) is 13.6. The van der Waals surface area contributed by atoms with Gasteiger partial charge >= 0.3 is 5.71 Å². The van der Waals surface area contributed by atoms with Gasteiger partial charge < -0.3 is 4.42 Å². The van der Waals surface area contributed by atoms with E-state index in [-0.39, 0.29) is 0 Å². The molecule has 2 aromatic heterocycles. The largest absolute Gasteiger partial charge is 0.398 e. The molecule has 2 heterocycles. The van der Waals surface area contributed by atoms with Gasteiger partial charge in [0.05, 0.1) is 6.07 Å². The van der Waals surface area contributed by atoms with Crippen LogP contribution in [-0.4, -0.2) is 0 Å². The monoisotopic (exact) mass is 244 g/mol. The van der Waals surface area contributed by atoms with Crippen LogP contribution >= 0.6 is 11.6 Å². The topological polar surface area (TPSA) is 17.2 Å². The van der Waals surface area contributed by atoms with Gasteiger partial charge in [-0.1, -0.05) is 11.6 Å². The van der Waals surface area contributed by atoms with Crippen molar-refractivity contribution < 1.29 is 8.82 Å². The Morgan fingerprint density at radius 3 is 2.53 bits per heavy atom. The van der Waals surface area contributed by atoms with Crippen molar-refractivity contribution in [3.05, 3.63) is 59.4 Å². The minimum atomic E-state index is 0.730. The molecule has 0 spiro atoms. The number of aryl methyl sites for hydroxylation is 1. The summed E-state index contributed by atoms with van der Waals surface area (Å²) in [6.45, 7) is 2.05. The van der Waals surface area contributed by atoms with E-state index in [4.69, 9.17) is 16.0 Å². The average Bonchev–Trinajstić information content (AvgIpc) is 2.75. The van der Waals surface area contributed by atoms with Crippen molar-refractivity contribution in [2.75, 3.05) is 0 Å². The van der Waals surface area contributed by atoms with Crippen molar-refractivity contribution in [3.63, 3.8) is 0 Å². The molecule has 0 bridgehead atoms. The van der Waals surface area contributed by atoms with Gasteiger partial charge in [-0.3, -0.25) is 0 Å². The van der Waals surface area contributed by atoms with Crippen LogP contribution in [0.3, 0.4) is 0 Å². The molecule has 3 aromatic rings. The Kier molecular flexibility index (Phi) is 2.37. The zero-order valence-corrected chi connectivity index (χ0v) is 10.1. The maximum Gasteiger partial charge on any atom is 0.379 e. The molecule has 0 amide bonds. The van der Waals surface area contributed by atoms with Crippen LogP contribution in [0.25, 0.3) is 17.0 Å². The molecule has 0 fully saturated rings. The van der Waals surface area contributed by atoms with Crippen molar-refractivity contribution in [2.24, 2.45) is 0 Å².